The minimum absolute atomic E-state index is 0.0997. The number of hydrogen-bond donors (Lipinski definition) is 2. The number of carbonyl (C=O) groups excluding carboxylic acids is 1. The Morgan fingerprint density at radius 1 is 1.13 bits per heavy atom. The first-order valence-corrected chi connectivity index (χ1v) is 9.94. The Hall–Kier alpha value is -1.56. The van der Waals surface area contributed by atoms with Gasteiger partial charge in [0.2, 0.25) is 0 Å². The fraction of sp³-hybridized carbons (Fsp3) is 0.588. The molecule has 0 saturated carbocycles. The summed E-state index contributed by atoms with van der Waals surface area (Å²) in [4.78, 5) is 12.0. The van der Waals surface area contributed by atoms with E-state index in [1.165, 1.54) is 0 Å². The van der Waals surface area contributed by atoms with Crippen LogP contribution in [0.5, 0.6) is 0 Å². The van der Waals surface area contributed by atoms with Gasteiger partial charge in [-0.15, -0.1) is 0 Å². The Labute approximate surface area is 139 Å². The van der Waals surface area contributed by atoms with Gasteiger partial charge in [0.15, 0.2) is 9.84 Å². The van der Waals surface area contributed by atoms with Crippen LogP contribution < -0.4 is 10.6 Å². The monoisotopic (exact) mass is 340 g/mol. The lowest BCUT2D eigenvalue weighted by Gasteiger charge is -2.15. The van der Waals surface area contributed by atoms with Crippen molar-refractivity contribution in [3.05, 3.63) is 30.3 Å². The van der Waals surface area contributed by atoms with Gasteiger partial charge in [-0.2, -0.15) is 0 Å². The summed E-state index contributed by atoms with van der Waals surface area (Å²) < 4.78 is 24.1. The van der Waals surface area contributed by atoms with E-state index in [1.54, 1.807) is 30.3 Å². The summed E-state index contributed by atoms with van der Waals surface area (Å²) in [5.74, 6) is 0.381. The van der Waals surface area contributed by atoms with Crippen molar-refractivity contribution in [1.29, 1.82) is 0 Å². The lowest BCUT2D eigenvalue weighted by atomic mass is 9.99. The summed E-state index contributed by atoms with van der Waals surface area (Å²) in [6.07, 6.45) is 4.45. The molecule has 2 amide bonds. The third kappa shape index (κ3) is 7.50. The zero-order valence-corrected chi connectivity index (χ0v) is 14.9. The Kier molecular flexibility index (Phi) is 8.69. The molecular formula is C17H28N2O3S. The van der Waals surface area contributed by atoms with Gasteiger partial charge in [-0.1, -0.05) is 51.3 Å². The molecule has 0 spiro atoms. The molecule has 23 heavy (non-hydrogen) atoms. The van der Waals surface area contributed by atoms with E-state index in [0.717, 1.165) is 25.7 Å². The van der Waals surface area contributed by atoms with E-state index in [4.69, 9.17) is 0 Å². The highest BCUT2D eigenvalue weighted by Gasteiger charge is 2.14. The molecule has 6 heteroatoms. The fourth-order valence-corrected chi connectivity index (χ4v) is 3.47. The van der Waals surface area contributed by atoms with Crippen molar-refractivity contribution in [3.8, 4) is 0 Å². The van der Waals surface area contributed by atoms with Gasteiger partial charge in [-0.3, -0.25) is 0 Å². The third-order valence-electron chi connectivity index (χ3n) is 3.85. The summed E-state index contributed by atoms with van der Waals surface area (Å²) in [5, 5.41) is 5.44. The van der Waals surface area contributed by atoms with E-state index in [-0.39, 0.29) is 23.2 Å². The zero-order valence-electron chi connectivity index (χ0n) is 14.0. The minimum atomic E-state index is -3.35. The molecule has 0 saturated heterocycles. The average Bonchev–Trinajstić information content (AvgIpc) is 2.55. The van der Waals surface area contributed by atoms with E-state index in [0.29, 0.717) is 12.5 Å². The van der Waals surface area contributed by atoms with Gasteiger partial charge in [0.25, 0.3) is 0 Å². The molecule has 130 valence electrons. The van der Waals surface area contributed by atoms with E-state index in [2.05, 4.69) is 24.5 Å². The van der Waals surface area contributed by atoms with Crippen LogP contribution >= 0.6 is 0 Å². The minimum Gasteiger partial charge on any atom is -0.338 e. The van der Waals surface area contributed by atoms with Crippen LogP contribution in [0.2, 0.25) is 0 Å². The average molecular weight is 340 g/mol. The van der Waals surface area contributed by atoms with Crippen molar-refractivity contribution in [1.82, 2.24) is 10.6 Å². The second kappa shape index (κ2) is 10.3. The first-order valence-electron chi connectivity index (χ1n) is 8.29. The number of nitrogens with one attached hydrogen (secondary N) is 2. The molecule has 0 radical (unpaired) electrons. The van der Waals surface area contributed by atoms with Crippen LogP contribution in [0.1, 0.15) is 39.5 Å². The standard InChI is InChI=1S/C17H28N2O3S/c1-3-5-9-15(4-2)14-19-17(20)18-12-13-23(21,22)16-10-7-6-8-11-16/h6-8,10-11,15H,3-5,9,12-14H2,1-2H3,(H2,18,19,20). The molecule has 0 aliphatic rings. The molecule has 5 nitrogen and oxygen atoms in total. The highest BCUT2D eigenvalue weighted by molar-refractivity contribution is 7.91. The summed E-state index contributed by atoms with van der Waals surface area (Å²) in [5.41, 5.74) is 0. The molecule has 1 atom stereocenters. The predicted molar refractivity (Wildman–Crippen MR) is 93.2 cm³/mol. The number of unbranched alkanes of at least 4 members (excludes halogenated alkanes) is 1. The van der Waals surface area contributed by atoms with Gasteiger partial charge >= 0.3 is 6.03 Å². The van der Waals surface area contributed by atoms with Crippen molar-refractivity contribution in [3.63, 3.8) is 0 Å². The summed E-state index contributed by atoms with van der Waals surface area (Å²) in [7, 11) is -3.35. The number of amides is 2. The van der Waals surface area contributed by atoms with Crippen LogP contribution in [0.15, 0.2) is 35.2 Å². The van der Waals surface area contributed by atoms with Crippen molar-refractivity contribution in [2.45, 2.75) is 44.4 Å². The molecule has 1 aromatic rings. The first-order chi connectivity index (χ1) is 11.0. The molecular weight excluding hydrogens is 312 g/mol. The molecule has 2 N–H and O–H groups in total. The van der Waals surface area contributed by atoms with Crippen molar-refractivity contribution in [2.75, 3.05) is 18.8 Å². The third-order valence-corrected chi connectivity index (χ3v) is 5.59. The van der Waals surface area contributed by atoms with E-state index < -0.39 is 9.84 Å². The number of sulfone groups is 1. The topological polar surface area (TPSA) is 75.3 Å². The molecule has 0 heterocycles. The highest BCUT2D eigenvalue weighted by Crippen LogP contribution is 2.11. The number of carbonyl (C=O) groups is 1. The van der Waals surface area contributed by atoms with Crippen LogP contribution in [-0.4, -0.2) is 33.3 Å². The van der Waals surface area contributed by atoms with E-state index >= 15 is 0 Å². The van der Waals surface area contributed by atoms with Crippen LogP contribution in [0.25, 0.3) is 0 Å². The summed E-state index contributed by atoms with van der Waals surface area (Å²) >= 11 is 0. The van der Waals surface area contributed by atoms with Crippen molar-refractivity contribution < 1.29 is 13.2 Å². The first kappa shape index (κ1) is 19.5. The van der Waals surface area contributed by atoms with Crippen molar-refractivity contribution >= 4 is 15.9 Å². The molecule has 0 aliphatic heterocycles. The second-order valence-corrected chi connectivity index (χ2v) is 7.79. The van der Waals surface area contributed by atoms with E-state index in [1.807, 2.05) is 0 Å². The Balaban J connectivity index is 2.31. The molecule has 0 fully saturated rings. The van der Waals surface area contributed by atoms with Crippen LogP contribution in [0, 0.1) is 5.92 Å². The quantitative estimate of drug-likeness (QED) is 0.687. The largest absolute Gasteiger partial charge is 0.338 e. The lowest BCUT2D eigenvalue weighted by molar-refractivity contribution is 0.238. The Bertz CT molecular complexity index is 558. The SMILES string of the molecule is CCCCC(CC)CNC(=O)NCCS(=O)(=O)c1ccccc1. The number of benzene rings is 1. The number of hydrogen-bond acceptors (Lipinski definition) is 3. The van der Waals surface area contributed by atoms with Crippen LogP contribution in [0.4, 0.5) is 4.79 Å². The molecule has 1 unspecified atom stereocenters. The van der Waals surface area contributed by atoms with Gasteiger partial charge < -0.3 is 10.6 Å². The molecule has 0 aliphatic carbocycles. The van der Waals surface area contributed by atoms with Crippen LogP contribution in [0.3, 0.4) is 0 Å². The maximum absolute atomic E-state index is 12.1. The summed E-state index contributed by atoms with van der Waals surface area (Å²) in [6.45, 7) is 5.01. The number of urea groups is 1. The fourth-order valence-electron chi connectivity index (χ4n) is 2.29. The molecule has 1 rings (SSSR count). The maximum atomic E-state index is 12.1. The van der Waals surface area contributed by atoms with E-state index in [9.17, 15) is 13.2 Å². The number of rotatable bonds is 10. The van der Waals surface area contributed by atoms with Gasteiger partial charge in [0, 0.05) is 13.1 Å². The maximum Gasteiger partial charge on any atom is 0.314 e. The smallest absolute Gasteiger partial charge is 0.314 e. The molecule has 0 aromatic heterocycles. The predicted octanol–water partition coefficient (Wildman–Crippen LogP) is 2.98. The Morgan fingerprint density at radius 3 is 2.43 bits per heavy atom. The lowest BCUT2D eigenvalue weighted by Crippen LogP contribution is -2.40. The van der Waals surface area contributed by atoms with Crippen LogP contribution in [-0.2, 0) is 9.84 Å². The van der Waals surface area contributed by atoms with Crippen molar-refractivity contribution in [2.24, 2.45) is 5.92 Å². The van der Waals surface area contributed by atoms with Gasteiger partial charge in [0.1, 0.15) is 0 Å². The normalized spacial score (nSPS) is 12.6. The second-order valence-electron chi connectivity index (χ2n) is 5.69. The van der Waals surface area contributed by atoms with Gasteiger partial charge in [-0.05, 0) is 24.5 Å². The zero-order chi connectivity index (χ0) is 17.1. The van der Waals surface area contributed by atoms with Gasteiger partial charge in [0.05, 0.1) is 10.6 Å². The van der Waals surface area contributed by atoms with Gasteiger partial charge in [-0.25, -0.2) is 13.2 Å². The summed E-state index contributed by atoms with van der Waals surface area (Å²) in [6, 6.07) is 7.97. The Morgan fingerprint density at radius 2 is 1.83 bits per heavy atom. The highest BCUT2D eigenvalue weighted by atomic mass is 32.2. The molecule has 1 aromatic carbocycles. The molecule has 0 bridgehead atoms.